The number of nitrogens with one attached hydrogen (secondary N) is 1. The Hall–Kier alpha value is -3.85. The van der Waals surface area contributed by atoms with E-state index in [1.54, 1.807) is 48.3 Å². The van der Waals surface area contributed by atoms with Crippen molar-refractivity contribution in [3.05, 3.63) is 75.5 Å². The highest BCUT2D eigenvalue weighted by molar-refractivity contribution is 7.10. The average molecular weight is 481 g/mol. The molecule has 1 aliphatic rings. The van der Waals surface area contributed by atoms with E-state index in [1.165, 1.54) is 32.7 Å². The van der Waals surface area contributed by atoms with Gasteiger partial charge >= 0.3 is 5.97 Å². The lowest BCUT2D eigenvalue weighted by Crippen LogP contribution is -2.43. The van der Waals surface area contributed by atoms with Crippen molar-refractivity contribution in [3.63, 3.8) is 0 Å². The summed E-state index contributed by atoms with van der Waals surface area (Å²) in [6, 6.07) is 13.1. The van der Waals surface area contributed by atoms with E-state index in [2.05, 4.69) is 5.32 Å². The minimum atomic E-state index is -0.776. The fourth-order valence-electron chi connectivity index (χ4n) is 4.24. The minimum absolute atomic E-state index is 0.228. The van der Waals surface area contributed by atoms with Gasteiger partial charge in [0, 0.05) is 17.5 Å². The van der Waals surface area contributed by atoms with E-state index in [9.17, 15) is 14.4 Å². The summed E-state index contributed by atoms with van der Waals surface area (Å²) in [5, 5.41) is 4.79. The summed E-state index contributed by atoms with van der Waals surface area (Å²) in [4.78, 5) is 41.8. The number of carbonyl (C=O) groups is 3. The molecule has 2 amide bonds. The summed E-state index contributed by atoms with van der Waals surface area (Å²) in [5.41, 5.74) is 1.44. The first-order chi connectivity index (χ1) is 16.4. The third kappa shape index (κ3) is 3.99. The lowest BCUT2D eigenvalue weighted by molar-refractivity contribution is -0.119. The molecule has 0 saturated heterocycles. The van der Waals surface area contributed by atoms with Crippen LogP contribution in [0.4, 0.5) is 5.69 Å². The number of esters is 1. The van der Waals surface area contributed by atoms with E-state index in [1.807, 2.05) is 17.5 Å². The number of nitrogens with zero attached hydrogens (tertiary/aromatic N) is 1. The van der Waals surface area contributed by atoms with Gasteiger partial charge in [-0.2, -0.15) is 0 Å². The van der Waals surface area contributed by atoms with Crippen LogP contribution >= 0.6 is 11.3 Å². The number of hydrogen-bond acceptors (Lipinski definition) is 7. The highest BCUT2D eigenvalue weighted by atomic mass is 32.1. The van der Waals surface area contributed by atoms with E-state index in [0.717, 1.165) is 4.88 Å². The second-order valence-corrected chi connectivity index (χ2v) is 8.65. The van der Waals surface area contributed by atoms with Gasteiger partial charge in [0.2, 0.25) is 5.91 Å². The van der Waals surface area contributed by atoms with Crippen molar-refractivity contribution in [2.45, 2.75) is 12.0 Å². The second-order valence-electron chi connectivity index (χ2n) is 7.67. The molecule has 1 N–H and O–H groups in total. The van der Waals surface area contributed by atoms with Gasteiger partial charge in [0.25, 0.3) is 5.91 Å². The van der Waals surface area contributed by atoms with Crippen molar-refractivity contribution >= 4 is 34.8 Å². The molecule has 0 spiro atoms. The molecule has 1 aromatic heterocycles. The maximum absolute atomic E-state index is 13.8. The molecular formula is C25H24N2O6S. The topological polar surface area (TPSA) is 94.2 Å². The summed E-state index contributed by atoms with van der Waals surface area (Å²) in [6.45, 7) is 0. The third-order valence-electron chi connectivity index (χ3n) is 5.88. The lowest BCUT2D eigenvalue weighted by Gasteiger charge is -2.39. The fourth-order valence-corrected chi connectivity index (χ4v) is 5.14. The summed E-state index contributed by atoms with van der Waals surface area (Å²) in [6.07, 6.45) is 0. The van der Waals surface area contributed by atoms with Gasteiger partial charge in [-0.3, -0.25) is 9.59 Å². The highest BCUT2D eigenvalue weighted by Gasteiger charge is 2.44. The summed E-state index contributed by atoms with van der Waals surface area (Å²) < 4.78 is 15.7. The Labute approximate surface area is 201 Å². The number of hydrogen-bond donors (Lipinski definition) is 1. The molecule has 0 saturated carbocycles. The van der Waals surface area contributed by atoms with Crippen molar-refractivity contribution in [2.75, 3.05) is 33.7 Å². The smallest absolute Gasteiger partial charge is 0.339 e. The second kappa shape index (κ2) is 9.56. The predicted octanol–water partition coefficient (Wildman–Crippen LogP) is 4.10. The van der Waals surface area contributed by atoms with Crippen LogP contribution in [0, 0.1) is 0 Å². The van der Waals surface area contributed by atoms with Crippen LogP contribution in [0.15, 0.2) is 53.9 Å². The molecule has 34 heavy (non-hydrogen) atoms. The number of anilines is 1. The van der Waals surface area contributed by atoms with Crippen molar-refractivity contribution in [3.8, 4) is 11.5 Å². The normalized spacial score (nSPS) is 17.1. The Balaban J connectivity index is 1.86. The van der Waals surface area contributed by atoms with E-state index in [4.69, 9.17) is 14.2 Å². The van der Waals surface area contributed by atoms with Crippen molar-refractivity contribution in [1.29, 1.82) is 0 Å². The molecule has 2 aromatic carbocycles. The molecule has 0 bridgehead atoms. The Morgan fingerprint density at radius 2 is 1.71 bits per heavy atom. The minimum Gasteiger partial charge on any atom is -0.493 e. The molecule has 2 heterocycles. The number of carbonyl (C=O) groups excluding carboxylic acids is 3. The molecule has 2 atom stereocenters. The molecule has 1 aliphatic heterocycles. The van der Waals surface area contributed by atoms with Gasteiger partial charge in [-0.15, -0.1) is 11.3 Å². The number of thiophene rings is 1. The molecule has 3 aromatic rings. The quantitative estimate of drug-likeness (QED) is 0.534. The van der Waals surface area contributed by atoms with E-state index in [0.29, 0.717) is 28.3 Å². The maximum atomic E-state index is 13.8. The number of para-hydroxylation sites is 1. The molecular weight excluding hydrogens is 456 g/mol. The molecule has 0 aliphatic carbocycles. The predicted molar refractivity (Wildman–Crippen MR) is 128 cm³/mol. The summed E-state index contributed by atoms with van der Waals surface area (Å²) in [7, 11) is 5.95. The van der Waals surface area contributed by atoms with Crippen molar-refractivity contribution < 1.29 is 28.6 Å². The number of amides is 2. The van der Waals surface area contributed by atoms with Gasteiger partial charge in [-0.05, 0) is 41.3 Å². The zero-order valence-corrected chi connectivity index (χ0v) is 20.0. The van der Waals surface area contributed by atoms with Crippen LogP contribution in [0.2, 0.25) is 0 Å². The van der Waals surface area contributed by atoms with Crippen LogP contribution in [0.3, 0.4) is 0 Å². The van der Waals surface area contributed by atoms with Gasteiger partial charge in [-0.25, -0.2) is 4.79 Å². The zero-order valence-electron chi connectivity index (χ0n) is 19.2. The van der Waals surface area contributed by atoms with Crippen molar-refractivity contribution in [2.24, 2.45) is 0 Å². The van der Waals surface area contributed by atoms with Gasteiger partial charge in [0.05, 0.1) is 44.5 Å². The van der Waals surface area contributed by atoms with Gasteiger partial charge in [0.15, 0.2) is 11.5 Å². The van der Waals surface area contributed by atoms with E-state index >= 15 is 0 Å². The number of rotatable bonds is 6. The number of likely N-dealkylation sites (N-methyl/N-ethyl adjacent to an activating group) is 1. The molecule has 8 nitrogen and oxygen atoms in total. The van der Waals surface area contributed by atoms with Crippen LogP contribution in [0.1, 0.15) is 43.1 Å². The fraction of sp³-hybridized carbons (Fsp3) is 0.240. The first-order valence-corrected chi connectivity index (χ1v) is 11.3. The lowest BCUT2D eigenvalue weighted by atomic mass is 9.81. The monoisotopic (exact) mass is 480 g/mol. The van der Waals surface area contributed by atoms with E-state index < -0.39 is 17.9 Å². The van der Waals surface area contributed by atoms with Crippen LogP contribution in [-0.4, -0.2) is 51.1 Å². The van der Waals surface area contributed by atoms with Gasteiger partial charge in [0.1, 0.15) is 0 Å². The molecule has 0 unspecified atom stereocenters. The van der Waals surface area contributed by atoms with Gasteiger partial charge < -0.3 is 24.4 Å². The molecule has 176 valence electrons. The SMILES string of the molecule is COC(=O)c1ccccc1NC(=O)[C@@H]1c2cc(OC)c(OC)cc2C(=O)N(C)[C@H]1c1cccs1. The summed E-state index contributed by atoms with van der Waals surface area (Å²) in [5.74, 6) is -1.13. The molecule has 9 heteroatoms. The van der Waals surface area contributed by atoms with Crippen LogP contribution < -0.4 is 14.8 Å². The number of ether oxygens (including phenoxy) is 3. The molecule has 4 rings (SSSR count). The standard InChI is InChI=1S/C25H24N2O6S/c1-27-22(20-10-7-11-34-20)21(15-12-18(31-2)19(32-3)13-16(15)24(27)29)23(28)26-17-9-6-5-8-14(17)25(30)33-4/h5-13,21-22H,1-4H3,(H,26,28)/t21-,22+/m1/s1. The first-order valence-electron chi connectivity index (χ1n) is 10.5. The maximum Gasteiger partial charge on any atom is 0.339 e. The Morgan fingerprint density at radius 3 is 2.35 bits per heavy atom. The summed E-state index contributed by atoms with van der Waals surface area (Å²) >= 11 is 1.46. The number of fused-ring (bicyclic) bond motifs is 1. The van der Waals surface area contributed by atoms with E-state index in [-0.39, 0.29) is 17.4 Å². The third-order valence-corrected chi connectivity index (χ3v) is 6.82. The Kier molecular flexibility index (Phi) is 6.56. The highest BCUT2D eigenvalue weighted by Crippen LogP contribution is 2.47. The zero-order chi connectivity index (χ0) is 24.4. The largest absolute Gasteiger partial charge is 0.493 e. The Morgan fingerprint density at radius 1 is 1.00 bits per heavy atom. The van der Waals surface area contributed by atoms with Crippen LogP contribution in [-0.2, 0) is 9.53 Å². The van der Waals surface area contributed by atoms with Gasteiger partial charge in [-0.1, -0.05) is 18.2 Å². The van der Waals surface area contributed by atoms with Crippen LogP contribution in [0.5, 0.6) is 11.5 Å². The number of methoxy groups -OCH3 is 3. The van der Waals surface area contributed by atoms with Crippen molar-refractivity contribution in [1.82, 2.24) is 4.90 Å². The number of benzene rings is 2. The van der Waals surface area contributed by atoms with Crippen LogP contribution in [0.25, 0.3) is 0 Å². The average Bonchev–Trinajstić information content (AvgIpc) is 3.39. The Bertz CT molecular complexity index is 1240. The first kappa shape index (κ1) is 23.3. The molecule has 0 fully saturated rings. The molecule has 0 radical (unpaired) electrons.